The van der Waals surface area contributed by atoms with E-state index in [2.05, 4.69) is 15.0 Å². The SMILES string of the molecule is Cc1cc(C(=O)N(CCCN(C)C)c2nc3ccc(Cl)cc3s2)n(C)n1. The summed E-state index contributed by atoms with van der Waals surface area (Å²) < 4.78 is 2.60. The van der Waals surface area contributed by atoms with Crippen LogP contribution in [0.5, 0.6) is 0 Å². The molecule has 1 amide bonds. The minimum absolute atomic E-state index is 0.0861. The van der Waals surface area contributed by atoms with Crippen molar-refractivity contribution in [1.82, 2.24) is 19.7 Å². The van der Waals surface area contributed by atoms with Gasteiger partial charge in [0.2, 0.25) is 0 Å². The molecule has 0 atom stereocenters. The zero-order valence-electron chi connectivity index (χ0n) is 15.4. The number of hydrogen-bond donors (Lipinski definition) is 0. The van der Waals surface area contributed by atoms with Crippen LogP contribution in [-0.2, 0) is 7.05 Å². The molecule has 0 aliphatic heterocycles. The van der Waals surface area contributed by atoms with Crippen LogP contribution in [0, 0.1) is 6.92 Å². The van der Waals surface area contributed by atoms with E-state index in [1.165, 1.54) is 11.3 Å². The Kier molecular flexibility index (Phi) is 5.60. The molecule has 2 aromatic heterocycles. The molecule has 0 aliphatic rings. The molecule has 138 valence electrons. The number of carbonyl (C=O) groups is 1. The number of aryl methyl sites for hydroxylation is 2. The smallest absolute Gasteiger partial charge is 0.278 e. The van der Waals surface area contributed by atoms with Crippen LogP contribution in [0.1, 0.15) is 22.6 Å². The number of fused-ring (bicyclic) bond motifs is 1. The zero-order chi connectivity index (χ0) is 18.8. The van der Waals surface area contributed by atoms with Crippen LogP contribution in [0.15, 0.2) is 24.3 Å². The van der Waals surface area contributed by atoms with E-state index < -0.39 is 0 Å². The number of amides is 1. The predicted molar refractivity (Wildman–Crippen MR) is 107 cm³/mol. The van der Waals surface area contributed by atoms with Gasteiger partial charge in [-0.1, -0.05) is 22.9 Å². The van der Waals surface area contributed by atoms with Crippen LogP contribution in [-0.4, -0.2) is 52.8 Å². The van der Waals surface area contributed by atoms with Gasteiger partial charge in [0, 0.05) is 18.6 Å². The van der Waals surface area contributed by atoms with Gasteiger partial charge in [-0.15, -0.1) is 0 Å². The summed E-state index contributed by atoms with van der Waals surface area (Å²) in [5, 5.41) is 5.65. The Hall–Kier alpha value is -1.96. The molecular formula is C18H22ClN5OS. The molecule has 3 rings (SSSR count). The third kappa shape index (κ3) is 4.06. The quantitative estimate of drug-likeness (QED) is 0.644. The first kappa shape index (κ1) is 18.8. The van der Waals surface area contributed by atoms with E-state index >= 15 is 0 Å². The molecule has 1 aromatic carbocycles. The number of nitrogens with zero attached hydrogens (tertiary/aromatic N) is 5. The van der Waals surface area contributed by atoms with E-state index in [9.17, 15) is 4.79 Å². The Morgan fingerprint density at radius 1 is 1.27 bits per heavy atom. The standard InChI is InChI=1S/C18H22ClN5OS/c1-12-10-15(23(4)21-12)17(25)24(9-5-8-22(2)3)18-20-14-7-6-13(19)11-16(14)26-18/h6-7,10-11H,5,8-9H2,1-4H3. The molecule has 8 heteroatoms. The van der Waals surface area contributed by atoms with E-state index in [4.69, 9.17) is 11.6 Å². The molecule has 0 aliphatic carbocycles. The van der Waals surface area contributed by atoms with Gasteiger partial charge < -0.3 is 4.90 Å². The number of halogens is 1. The van der Waals surface area contributed by atoms with Crippen molar-refractivity contribution in [3.8, 4) is 0 Å². The zero-order valence-corrected chi connectivity index (χ0v) is 16.9. The summed E-state index contributed by atoms with van der Waals surface area (Å²) in [5.41, 5.74) is 2.23. The highest BCUT2D eigenvalue weighted by Crippen LogP contribution is 2.31. The summed E-state index contributed by atoms with van der Waals surface area (Å²) >= 11 is 7.57. The van der Waals surface area contributed by atoms with Gasteiger partial charge in [-0.25, -0.2) is 4.98 Å². The summed E-state index contributed by atoms with van der Waals surface area (Å²) in [4.78, 5) is 21.7. The molecular weight excluding hydrogens is 370 g/mol. The molecule has 2 heterocycles. The van der Waals surface area contributed by atoms with Gasteiger partial charge in [0.25, 0.3) is 5.91 Å². The molecule has 0 saturated carbocycles. The Bertz CT molecular complexity index is 933. The van der Waals surface area contributed by atoms with Crippen LogP contribution in [0.2, 0.25) is 5.02 Å². The normalized spacial score (nSPS) is 11.5. The molecule has 0 radical (unpaired) electrons. The van der Waals surface area contributed by atoms with Crippen LogP contribution in [0.25, 0.3) is 10.2 Å². The van der Waals surface area contributed by atoms with Crippen molar-refractivity contribution in [3.63, 3.8) is 0 Å². The largest absolute Gasteiger partial charge is 0.309 e. The third-order valence-corrected chi connectivity index (χ3v) is 5.30. The maximum absolute atomic E-state index is 13.2. The van der Waals surface area contributed by atoms with Gasteiger partial charge in [0.1, 0.15) is 5.69 Å². The van der Waals surface area contributed by atoms with E-state index in [1.807, 2.05) is 45.3 Å². The first-order valence-electron chi connectivity index (χ1n) is 8.38. The molecule has 0 N–H and O–H groups in total. The van der Waals surface area contributed by atoms with Gasteiger partial charge >= 0.3 is 0 Å². The Labute approximate surface area is 162 Å². The van der Waals surface area contributed by atoms with Gasteiger partial charge in [-0.2, -0.15) is 5.10 Å². The Morgan fingerprint density at radius 3 is 2.69 bits per heavy atom. The number of anilines is 1. The summed E-state index contributed by atoms with van der Waals surface area (Å²) in [6, 6.07) is 7.39. The summed E-state index contributed by atoms with van der Waals surface area (Å²) in [5.74, 6) is -0.0861. The van der Waals surface area contributed by atoms with Gasteiger partial charge in [0.05, 0.1) is 15.9 Å². The maximum atomic E-state index is 13.2. The van der Waals surface area contributed by atoms with Crippen molar-refractivity contribution in [3.05, 3.63) is 40.7 Å². The lowest BCUT2D eigenvalue weighted by molar-refractivity contribution is 0.0977. The van der Waals surface area contributed by atoms with Crippen molar-refractivity contribution in [2.24, 2.45) is 7.05 Å². The van der Waals surface area contributed by atoms with Crippen LogP contribution in [0.4, 0.5) is 5.13 Å². The van der Waals surface area contributed by atoms with Gasteiger partial charge in [0.15, 0.2) is 5.13 Å². The number of benzene rings is 1. The molecule has 0 spiro atoms. The second kappa shape index (κ2) is 7.73. The van der Waals surface area contributed by atoms with E-state index in [0.29, 0.717) is 22.4 Å². The monoisotopic (exact) mass is 391 g/mol. The number of carbonyl (C=O) groups excluding carboxylic acids is 1. The highest BCUT2D eigenvalue weighted by Gasteiger charge is 2.24. The Balaban J connectivity index is 1.95. The summed E-state index contributed by atoms with van der Waals surface area (Å²) in [7, 11) is 5.84. The number of hydrogen-bond acceptors (Lipinski definition) is 5. The van der Waals surface area contributed by atoms with Gasteiger partial charge in [-0.05, 0) is 58.3 Å². The highest BCUT2D eigenvalue weighted by atomic mass is 35.5. The lowest BCUT2D eigenvalue weighted by Crippen LogP contribution is -2.34. The fraction of sp³-hybridized carbons (Fsp3) is 0.389. The second-order valence-corrected chi connectivity index (χ2v) is 7.96. The highest BCUT2D eigenvalue weighted by molar-refractivity contribution is 7.22. The summed E-state index contributed by atoms with van der Waals surface area (Å²) in [6.07, 6.45) is 0.853. The molecule has 0 unspecified atom stereocenters. The van der Waals surface area contributed by atoms with E-state index in [-0.39, 0.29) is 5.91 Å². The van der Waals surface area contributed by atoms with E-state index in [1.54, 1.807) is 16.6 Å². The van der Waals surface area contributed by atoms with Crippen molar-refractivity contribution < 1.29 is 4.79 Å². The second-order valence-electron chi connectivity index (χ2n) is 6.52. The minimum atomic E-state index is -0.0861. The number of thiazole rings is 1. The fourth-order valence-corrected chi connectivity index (χ4v) is 4.05. The maximum Gasteiger partial charge on any atom is 0.278 e. The van der Waals surface area contributed by atoms with Crippen LogP contribution >= 0.6 is 22.9 Å². The predicted octanol–water partition coefficient (Wildman–Crippen LogP) is 3.59. The molecule has 0 fully saturated rings. The van der Waals surface area contributed by atoms with Crippen molar-refractivity contribution in [2.45, 2.75) is 13.3 Å². The molecule has 3 aromatic rings. The van der Waals surface area contributed by atoms with Gasteiger partial charge in [-0.3, -0.25) is 14.4 Å². The van der Waals surface area contributed by atoms with Crippen molar-refractivity contribution in [2.75, 3.05) is 32.1 Å². The minimum Gasteiger partial charge on any atom is -0.309 e. The lowest BCUT2D eigenvalue weighted by Gasteiger charge is -2.20. The number of rotatable bonds is 6. The van der Waals surface area contributed by atoms with Crippen molar-refractivity contribution >= 4 is 44.2 Å². The van der Waals surface area contributed by atoms with Crippen molar-refractivity contribution in [1.29, 1.82) is 0 Å². The molecule has 0 saturated heterocycles. The average molecular weight is 392 g/mol. The Morgan fingerprint density at radius 2 is 2.04 bits per heavy atom. The fourth-order valence-electron chi connectivity index (χ4n) is 2.78. The first-order valence-corrected chi connectivity index (χ1v) is 9.58. The molecule has 26 heavy (non-hydrogen) atoms. The topological polar surface area (TPSA) is 54.3 Å². The van der Waals surface area contributed by atoms with E-state index in [0.717, 1.165) is 28.9 Å². The number of aromatic nitrogens is 3. The first-order chi connectivity index (χ1) is 12.3. The average Bonchev–Trinajstić information content (AvgIpc) is 3.12. The van der Waals surface area contributed by atoms with Crippen LogP contribution < -0.4 is 4.90 Å². The molecule has 6 nitrogen and oxygen atoms in total. The molecule has 0 bridgehead atoms. The van der Waals surface area contributed by atoms with Crippen LogP contribution in [0.3, 0.4) is 0 Å². The third-order valence-electron chi connectivity index (χ3n) is 4.02. The summed E-state index contributed by atoms with van der Waals surface area (Å²) in [6.45, 7) is 3.37. The lowest BCUT2D eigenvalue weighted by atomic mass is 10.3.